The van der Waals surface area contributed by atoms with Crippen LogP contribution in [-0.4, -0.2) is 11.9 Å². The molecule has 0 heterocycles. The van der Waals surface area contributed by atoms with Gasteiger partial charge >= 0.3 is 0 Å². The number of unbranched alkanes of at least 4 members (excludes halogenated alkanes) is 1. The molecular formula is C14H23NO. The quantitative estimate of drug-likeness (QED) is 0.304. The van der Waals surface area contributed by atoms with Crippen LogP contribution in [-0.2, 0) is 4.79 Å². The standard InChI is InChI=1S/C14H23NO/c1-4-6-7-8-9-10-11-12-14(16)15-13(3)5-2/h4,6,9-13H,5,7-8H2,1-3H3,(H,15,16)/b6-4-,10-9+,12-11+. The number of hydrogen-bond donors (Lipinski definition) is 1. The van der Waals surface area contributed by atoms with Gasteiger partial charge in [0, 0.05) is 12.1 Å². The summed E-state index contributed by atoms with van der Waals surface area (Å²) in [6.45, 7) is 6.07. The van der Waals surface area contributed by atoms with Crippen LogP contribution in [0.15, 0.2) is 36.5 Å². The van der Waals surface area contributed by atoms with Crippen molar-refractivity contribution in [3.63, 3.8) is 0 Å². The predicted octanol–water partition coefficient (Wildman–Crippen LogP) is 3.37. The molecule has 90 valence electrons. The van der Waals surface area contributed by atoms with Gasteiger partial charge in [0.1, 0.15) is 0 Å². The Morgan fingerprint density at radius 1 is 1.25 bits per heavy atom. The molecule has 0 bridgehead atoms. The molecule has 2 heteroatoms. The molecule has 0 rings (SSSR count). The fourth-order valence-electron chi connectivity index (χ4n) is 1.07. The summed E-state index contributed by atoms with van der Waals surface area (Å²) in [4.78, 5) is 11.3. The van der Waals surface area contributed by atoms with E-state index in [4.69, 9.17) is 0 Å². The van der Waals surface area contributed by atoms with E-state index in [1.165, 1.54) is 0 Å². The van der Waals surface area contributed by atoms with Gasteiger partial charge in [0.15, 0.2) is 0 Å². The molecule has 1 atom stereocenters. The highest BCUT2D eigenvalue weighted by Crippen LogP contribution is 1.93. The maximum atomic E-state index is 11.3. The lowest BCUT2D eigenvalue weighted by molar-refractivity contribution is -0.117. The van der Waals surface area contributed by atoms with Crippen LogP contribution in [0.25, 0.3) is 0 Å². The van der Waals surface area contributed by atoms with Gasteiger partial charge in [0.2, 0.25) is 5.91 Å². The summed E-state index contributed by atoms with van der Waals surface area (Å²) < 4.78 is 0. The van der Waals surface area contributed by atoms with Crippen LogP contribution < -0.4 is 5.32 Å². The Bertz CT molecular complexity index is 264. The van der Waals surface area contributed by atoms with Gasteiger partial charge in [-0.05, 0) is 33.1 Å². The van der Waals surface area contributed by atoms with Crippen LogP contribution in [0, 0.1) is 0 Å². The predicted molar refractivity (Wildman–Crippen MR) is 70.2 cm³/mol. The number of amides is 1. The second kappa shape index (κ2) is 10.2. The Labute approximate surface area is 99.1 Å². The molecule has 0 radical (unpaired) electrons. The average molecular weight is 221 g/mol. The van der Waals surface area contributed by atoms with Gasteiger partial charge in [-0.3, -0.25) is 4.79 Å². The highest BCUT2D eigenvalue weighted by Gasteiger charge is 1.99. The van der Waals surface area contributed by atoms with Gasteiger partial charge in [0.05, 0.1) is 0 Å². The van der Waals surface area contributed by atoms with Crippen molar-refractivity contribution in [3.05, 3.63) is 36.5 Å². The largest absolute Gasteiger partial charge is 0.350 e. The minimum Gasteiger partial charge on any atom is -0.350 e. The van der Waals surface area contributed by atoms with Crippen LogP contribution >= 0.6 is 0 Å². The summed E-state index contributed by atoms with van der Waals surface area (Å²) in [6.07, 6.45) is 14.5. The molecule has 0 aromatic rings. The molecule has 0 saturated heterocycles. The number of hydrogen-bond acceptors (Lipinski definition) is 1. The van der Waals surface area contributed by atoms with Gasteiger partial charge < -0.3 is 5.32 Å². The Morgan fingerprint density at radius 3 is 2.56 bits per heavy atom. The van der Waals surface area contributed by atoms with Crippen LogP contribution in [0.4, 0.5) is 0 Å². The summed E-state index contributed by atoms with van der Waals surface area (Å²) >= 11 is 0. The first-order valence-corrected chi connectivity index (χ1v) is 5.95. The first kappa shape index (κ1) is 14.7. The zero-order valence-corrected chi connectivity index (χ0v) is 10.6. The van der Waals surface area contributed by atoms with Crippen molar-refractivity contribution in [1.82, 2.24) is 5.32 Å². The molecule has 0 aliphatic rings. The molecule has 1 unspecified atom stereocenters. The highest BCUT2D eigenvalue weighted by molar-refractivity contribution is 5.87. The van der Waals surface area contributed by atoms with E-state index in [0.29, 0.717) is 0 Å². The van der Waals surface area contributed by atoms with Crippen molar-refractivity contribution in [3.8, 4) is 0 Å². The van der Waals surface area contributed by atoms with Crippen LogP contribution in [0.5, 0.6) is 0 Å². The maximum absolute atomic E-state index is 11.3. The van der Waals surface area contributed by atoms with E-state index in [2.05, 4.69) is 24.4 Å². The normalized spacial score (nSPS) is 13.9. The number of carbonyl (C=O) groups excluding carboxylic acids is 1. The third-order valence-corrected chi connectivity index (χ3v) is 2.23. The van der Waals surface area contributed by atoms with Gasteiger partial charge in [0.25, 0.3) is 0 Å². The lowest BCUT2D eigenvalue weighted by Gasteiger charge is -2.07. The summed E-state index contributed by atoms with van der Waals surface area (Å²) in [5.74, 6) is -0.0209. The number of carbonyl (C=O) groups is 1. The summed E-state index contributed by atoms with van der Waals surface area (Å²) in [5.41, 5.74) is 0. The zero-order valence-electron chi connectivity index (χ0n) is 10.6. The van der Waals surface area contributed by atoms with Crippen molar-refractivity contribution >= 4 is 5.91 Å². The molecule has 1 N–H and O–H groups in total. The zero-order chi connectivity index (χ0) is 12.2. The van der Waals surface area contributed by atoms with Gasteiger partial charge in [-0.1, -0.05) is 37.3 Å². The van der Waals surface area contributed by atoms with Crippen LogP contribution in [0.1, 0.15) is 40.0 Å². The average Bonchev–Trinajstić information content (AvgIpc) is 2.27. The molecule has 0 aromatic heterocycles. The molecule has 0 aliphatic carbocycles. The second-order valence-corrected chi connectivity index (χ2v) is 3.75. The van der Waals surface area contributed by atoms with E-state index >= 15 is 0 Å². The lowest BCUT2D eigenvalue weighted by atomic mass is 10.2. The Hall–Kier alpha value is -1.31. The van der Waals surface area contributed by atoms with Gasteiger partial charge in [-0.2, -0.15) is 0 Å². The minimum atomic E-state index is -0.0209. The summed E-state index contributed by atoms with van der Waals surface area (Å²) in [7, 11) is 0. The van der Waals surface area contributed by atoms with Crippen LogP contribution in [0.2, 0.25) is 0 Å². The number of nitrogens with one attached hydrogen (secondary N) is 1. The molecule has 0 fully saturated rings. The van der Waals surface area contributed by atoms with Crippen molar-refractivity contribution in [2.45, 2.75) is 46.1 Å². The van der Waals surface area contributed by atoms with E-state index < -0.39 is 0 Å². The SMILES string of the molecule is C/C=C\CC/C=C/C=C/C(=O)NC(C)CC. The molecule has 0 aliphatic heterocycles. The van der Waals surface area contributed by atoms with E-state index in [0.717, 1.165) is 19.3 Å². The lowest BCUT2D eigenvalue weighted by Crippen LogP contribution is -2.30. The minimum absolute atomic E-state index is 0.0209. The number of rotatable bonds is 7. The van der Waals surface area contributed by atoms with Crippen molar-refractivity contribution in [1.29, 1.82) is 0 Å². The molecule has 0 spiro atoms. The summed E-state index contributed by atoms with van der Waals surface area (Å²) in [6, 6.07) is 0.246. The Balaban J connectivity index is 3.70. The fourth-order valence-corrected chi connectivity index (χ4v) is 1.07. The first-order chi connectivity index (χ1) is 7.70. The Kier molecular flexibility index (Phi) is 9.38. The van der Waals surface area contributed by atoms with Crippen molar-refractivity contribution in [2.75, 3.05) is 0 Å². The van der Waals surface area contributed by atoms with Crippen LogP contribution in [0.3, 0.4) is 0 Å². The van der Waals surface area contributed by atoms with E-state index in [1.807, 2.05) is 26.0 Å². The molecule has 0 saturated carbocycles. The topological polar surface area (TPSA) is 29.1 Å². The van der Waals surface area contributed by atoms with Crippen molar-refractivity contribution in [2.24, 2.45) is 0 Å². The molecule has 1 amide bonds. The van der Waals surface area contributed by atoms with Gasteiger partial charge in [-0.15, -0.1) is 0 Å². The smallest absolute Gasteiger partial charge is 0.244 e. The monoisotopic (exact) mass is 221 g/mol. The maximum Gasteiger partial charge on any atom is 0.244 e. The van der Waals surface area contributed by atoms with E-state index in [1.54, 1.807) is 12.2 Å². The first-order valence-electron chi connectivity index (χ1n) is 5.95. The molecule has 16 heavy (non-hydrogen) atoms. The van der Waals surface area contributed by atoms with Crippen molar-refractivity contribution < 1.29 is 4.79 Å². The second-order valence-electron chi connectivity index (χ2n) is 3.75. The third kappa shape index (κ3) is 9.25. The van der Waals surface area contributed by atoms with E-state index in [-0.39, 0.29) is 11.9 Å². The van der Waals surface area contributed by atoms with E-state index in [9.17, 15) is 4.79 Å². The summed E-state index contributed by atoms with van der Waals surface area (Å²) in [5, 5.41) is 2.87. The Morgan fingerprint density at radius 2 is 1.94 bits per heavy atom. The third-order valence-electron chi connectivity index (χ3n) is 2.23. The van der Waals surface area contributed by atoms with Gasteiger partial charge in [-0.25, -0.2) is 0 Å². The highest BCUT2D eigenvalue weighted by atomic mass is 16.1. The molecule has 2 nitrogen and oxygen atoms in total. The molecular weight excluding hydrogens is 198 g/mol. The molecule has 0 aromatic carbocycles. The number of allylic oxidation sites excluding steroid dienone is 5. The fraction of sp³-hybridized carbons (Fsp3) is 0.500.